The SMILES string of the molecule is CC(C)N=C/C(=C\N)c1cc2c(cc1Cl)N(C)CCC2. The van der Waals surface area contributed by atoms with Gasteiger partial charge in [0.25, 0.3) is 0 Å². The molecule has 0 spiro atoms. The van der Waals surface area contributed by atoms with Crippen molar-refractivity contribution in [3.63, 3.8) is 0 Å². The quantitative estimate of drug-likeness (QED) is 0.866. The summed E-state index contributed by atoms with van der Waals surface area (Å²) in [5.74, 6) is 0. The van der Waals surface area contributed by atoms with Gasteiger partial charge >= 0.3 is 0 Å². The number of nitrogens with two attached hydrogens (primary N) is 1. The monoisotopic (exact) mass is 291 g/mol. The van der Waals surface area contributed by atoms with Crippen LogP contribution >= 0.6 is 11.6 Å². The van der Waals surface area contributed by atoms with Crippen LogP contribution in [-0.4, -0.2) is 25.8 Å². The summed E-state index contributed by atoms with van der Waals surface area (Å²) in [7, 11) is 2.11. The average Bonchev–Trinajstić information content (AvgIpc) is 2.41. The van der Waals surface area contributed by atoms with Gasteiger partial charge in [0, 0.05) is 48.9 Å². The van der Waals surface area contributed by atoms with E-state index in [2.05, 4.69) is 23.0 Å². The van der Waals surface area contributed by atoms with Gasteiger partial charge < -0.3 is 10.6 Å². The molecule has 0 aromatic heterocycles. The molecule has 3 nitrogen and oxygen atoms in total. The first-order valence-corrected chi connectivity index (χ1v) is 7.39. The Balaban J connectivity index is 2.42. The van der Waals surface area contributed by atoms with E-state index in [1.54, 1.807) is 6.20 Å². The van der Waals surface area contributed by atoms with Crippen molar-refractivity contribution < 1.29 is 0 Å². The van der Waals surface area contributed by atoms with Crippen molar-refractivity contribution in [3.8, 4) is 0 Å². The van der Waals surface area contributed by atoms with Crippen molar-refractivity contribution in [1.82, 2.24) is 0 Å². The van der Waals surface area contributed by atoms with E-state index in [0.29, 0.717) is 0 Å². The molecule has 4 heteroatoms. The highest BCUT2D eigenvalue weighted by atomic mass is 35.5. The van der Waals surface area contributed by atoms with Gasteiger partial charge in [0.1, 0.15) is 0 Å². The standard InChI is InChI=1S/C16H22ClN3/c1-11(2)19-10-13(9-18)14-7-12-5-4-6-20(3)16(12)8-15(14)17/h7-11H,4-6,18H2,1-3H3/b13-9+,19-10?. The van der Waals surface area contributed by atoms with E-state index in [-0.39, 0.29) is 6.04 Å². The summed E-state index contributed by atoms with van der Waals surface area (Å²) in [4.78, 5) is 6.65. The molecular weight excluding hydrogens is 270 g/mol. The van der Waals surface area contributed by atoms with E-state index < -0.39 is 0 Å². The van der Waals surface area contributed by atoms with Crippen LogP contribution in [0.25, 0.3) is 5.57 Å². The Morgan fingerprint density at radius 2 is 2.20 bits per heavy atom. The number of anilines is 1. The molecule has 1 aliphatic heterocycles. The molecular formula is C16H22ClN3. The van der Waals surface area contributed by atoms with E-state index in [1.165, 1.54) is 17.7 Å². The molecule has 0 bridgehead atoms. The lowest BCUT2D eigenvalue weighted by Crippen LogP contribution is -2.24. The van der Waals surface area contributed by atoms with E-state index >= 15 is 0 Å². The molecule has 2 N–H and O–H groups in total. The molecule has 2 rings (SSSR count). The lowest BCUT2D eigenvalue weighted by molar-refractivity contribution is 0.744. The summed E-state index contributed by atoms with van der Waals surface area (Å²) in [6.45, 7) is 5.15. The minimum absolute atomic E-state index is 0.243. The van der Waals surface area contributed by atoms with Gasteiger partial charge in [0.05, 0.1) is 5.02 Å². The second kappa shape index (κ2) is 6.31. The predicted molar refractivity (Wildman–Crippen MR) is 88.8 cm³/mol. The van der Waals surface area contributed by atoms with Crippen LogP contribution in [-0.2, 0) is 6.42 Å². The van der Waals surface area contributed by atoms with Crippen LogP contribution in [0, 0.1) is 0 Å². The number of halogens is 1. The number of fused-ring (bicyclic) bond motifs is 1. The molecule has 1 aromatic rings. The van der Waals surface area contributed by atoms with Crippen LogP contribution in [0.15, 0.2) is 23.3 Å². The Labute approximate surface area is 126 Å². The number of allylic oxidation sites excluding steroid dienone is 1. The smallest absolute Gasteiger partial charge is 0.0506 e. The molecule has 0 unspecified atom stereocenters. The van der Waals surface area contributed by atoms with Crippen LogP contribution in [0.5, 0.6) is 0 Å². The largest absolute Gasteiger partial charge is 0.404 e. The molecule has 1 aromatic carbocycles. The second-order valence-electron chi connectivity index (χ2n) is 5.48. The van der Waals surface area contributed by atoms with Crippen molar-refractivity contribution in [1.29, 1.82) is 0 Å². The van der Waals surface area contributed by atoms with Crippen molar-refractivity contribution >= 4 is 29.1 Å². The third kappa shape index (κ3) is 3.15. The molecule has 1 aliphatic rings. The van der Waals surface area contributed by atoms with Gasteiger partial charge in [-0.15, -0.1) is 0 Å². The van der Waals surface area contributed by atoms with Crippen LogP contribution < -0.4 is 10.6 Å². The highest BCUT2D eigenvalue weighted by molar-refractivity contribution is 6.34. The minimum atomic E-state index is 0.243. The molecule has 0 atom stereocenters. The predicted octanol–water partition coefficient (Wildman–Crippen LogP) is 3.50. The fourth-order valence-corrected chi connectivity index (χ4v) is 2.71. The van der Waals surface area contributed by atoms with E-state index in [1.807, 2.05) is 26.1 Å². The van der Waals surface area contributed by atoms with Gasteiger partial charge in [0.2, 0.25) is 0 Å². The van der Waals surface area contributed by atoms with E-state index in [4.69, 9.17) is 17.3 Å². The topological polar surface area (TPSA) is 41.6 Å². The van der Waals surface area contributed by atoms with Crippen molar-refractivity contribution in [2.75, 3.05) is 18.5 Å². The van der Waals surface area contributed by atoms with Crippen molar-refractivity contribution in [2.24, 2.45) is 10.7 Å². The zero-order valence-corrected chi connectivity index (χ0v) is 13.1. The molecule has 0 fully saturated rings. The molecule has 0 radical (unpaired) electrons. The van der Waals surface area contributed by atoms with Crippen LogP contribution in [0.4, 0.5) is 5.69 Å². The molecule has 108 valence electrons. The summed E-state index contributed by atoms with van der Waals surface area (Å²) in [5.41, 5.74) is 10.1. The Bertz CT molecular complexity index is 547. The Morgan fingerprint density at radius 1 is 1.45 bits per heavy atom. The van der Waals surface area contributed by atoms with E-state index in [0.717, 1.165) is 29.1 Å². The van der Waals surface area contributed by atoms with Gasteiger partial charge in [-0.2, -0.15) is 0 Å². The minimum Gasteiger partial charge on any atom is -0.404 e. The maximum atomic E-state index is 6.43. The molecule has 20 heavy (non-hydrogen) atoms. The molecule has 0 saturated heterocycles. The summed E-state index contributed by atoms with van der Waals surface area (Å²) >= 11 is 6.43. The summed E-state index contributed by atoms with van der Waals surface area (Å²) in [6.07, 6.45) is 5.65. The zero-order chi connectivity index (χ0) is 14.7. The second-order valence-corrected chi connectivity index (χ2v) is 5.89. The fraction of sp³-hybridized carbons (Fsp3) is 0.438. The summed E-state index contributed by atoms with van der Waals surface area (Å²) in [5, 5.41) is 0.726. The highest BCUT2D eigenvalue weighted by Gasteiger charge is 2.17. The van der Waals surface area contributed by atoms with Gasteiger partial charge in [-0.3, -0.25) is 4.99 Å². The molecule has 0 saturated carbocycles. The molecule has 1 heterocycles. The Hall–Kier alpha value is -1.48. The third-order valence-corrected chi connectivity index (χ3v) is 3.83. The lowest BCUT2D eigenvalue weighted by Gasteiger charge is -2.28. The van der Waals surface area contributed by atoms with Crippen LogP contribution in [0.2, 0.25) is 5.02 Å². The summed E-state index contributed by atoms with van der Waals surface area (Å²) < 4.78 is 0. The van der Waals surface area contributed by atoms with Crippen molar-refractivity contribution in [3.05, 3.63) is 34.5 Å². The van der Waals surface area contributed by atoms with Gasteiger partial charge in [-0.25, -0.2) is 0 Å². The number of benzene rings is 1. The zero-order valence-electron chi connectivity index (χ0n) is 12.4. The first-order valence-electron chi connectivity index (χ1n) is 7.02. The first kappa shape index (κ1) is 14.9. The maximum Gasteiger partial charge on any atom is 0.0506 e. The third-order valence-electron chi connectivity index (χ3n) is 3.52. The average molecular weight is 292 g/mol. The highest BCUT2D eigenvalue weighted by Crippen LogP contribution is 2.34. The first-order chi connectivity index (χ1) is 9.52. The lowest BCUT2D eigenvalue weighted by atomic mass is 9.97. The summed E-state index contributed by atoms with van der Waals surface area (Å²) in [6, 6.07) is 4.43. The number of hydrogen-bond donors (Lipinski definition) is 1. The van der Waals surface area contributed by atoms with E-state index in [9.17, 15) is 0 Å². The number of aryl methyl sites for hydroxylation is 1. The Morgan fingerprint density at radius 3 is 2.85 bits per heavy atom. The van der Waals surface area contributed by atoms with Gasteiger partial charge in [0.15, 0.2) is 0 Å². The van der Waals surface area contributed by atoms with Crippen molar-refractivity contribution in [2.45, 2.75) is 32.7 Å². The van der Waals surface area contributed by atoms with Gasteiger partial charge in [-0.1, -0.05) is 11.6 Å². The number of hydrogen-bond acceptors (Lipinski definition) is 3. The normalized spacial score (nSPS) is 16.1. The number of rotatable bonds is 3. The maximum absolute atomic E-state index is 6.43. The Kier molecular flexibility index (Phi) is 4.71. The number of aliphatic imine (C=N–C) groups is 1. The number of nitrogens with zero attached hydrogens (tertiary/aromatic N) is 2. The van der Waals surface area contributed by atoms with Crippen LogP contribution in [0.3, 0.4) is 0 Å². The molecule has 0 aliphatic carbocycles. The van der Waals surface area contributed by atoms with Crippen LogP contribution in [0.1, 0.15) is 31.4 Å². The fourth-order valence-electron chi connectivity index (χ4n) is 2.44. The van der Waals surface area contributed by atoms with Gasteiger partial charge in [-0.05, 0) is 44.4 Å². The molecule has 0 amide bonds.